The van der Waals surface area contributed by atoms with Gasteiger partial charge in [-0.3, -0.25) is 14.5 Å². The summed E-state index contributed by atoms with van der Waals surface area (Å²) in [4.78, 5) is 32.5. The van der Waals surface area contributed by atoms with Crippen LogP contribution in [-0.2, 0) is 16.0 Å². The van der Waals surface area contributed by atoms with Gasteiger partial charge in [-0.2, -0.15) is 13.2 Å². The third kappa shape index (κ3) is 5.60. The maximum Gasteiger partial charge on any atom is 0.416 e. The Hall–Kier alpha value is -3.38. The third-order valence-corrected chi connectivity index (χ3v) is 9.29. The molecule has 0 unspecified atom stereocenters. The number of hydrogen-bond donors (Lipinski definition) is 0. The summed E-state index contributed by atoms with van der Waals surface area (Å²) < 4.78 is 65.0. The molecule has 2 amide bonds. The van der Waals surface area contributed by atoms with Crippen LogP contribution in [-0.4, -0.2) is 96.3 Å². The monoisotopic (exact) mass is 576 g/mol. The predicted octanol–water partition coefficient (Wildman–Crippen LogP) is 3.69. The van der Waals surface area contributed by atoms with Crippen molar-refractivity contribution in [2.45, 2.75) is 26.1 Å². The van der Waals surface area contributed by atoms with E-state index in [4.69, 9.17) is 0 Å². The first-order valence-corrected chi connectivity index (χ1v) is 15.0. The Labute approximate surface area is 230 Å². The number of carbonyl (C=O) groups excluding carboxylic acids is 2. The number of benzene rings is 2. The quantitative estimate of drug-likeness (QED) is 0.473. The summed E-state index contributed by atoms with van der Waals surface area (Å²) in [6.07, 6.45) is -4.51. The first kappa shape index (κ1) is 28.2. The second-order valence-electron chi connectivity index (χ2n) is 10.5. The minimum atomic E-state index is -4.51. The Kier molecular flexibility index (Phi) is 7.43. The Balaban J connectivity index is 1.52. The fourth-order valence-corrected chi connectivity index (χ4v) is 6.49. The molecule has 3 heterocycles. The number of alkyl halides is 3. The average Bonchev–Trinajstić information content (AvgIpc) is 3.30. The Morgan fingerprint density at radius 2 is 1.40 bits per heavy atom. The number of hydrogen-bond acceptors (Lipinski definition) is 5. The van der Waals surface area contributed by atoms with Crippen LogP contribution in [0.2, 0.25) is 0 Å². The summed E-state index contributed by atoms with van der Waals surface area (Å²) in [6, 6.07) is 11.6. The van der Waals surface area contributed by atoms with Crippen molar-refractivity contribution in [3.05, 3.63) is 65.4 Å². The van der Waals surface area contributed by atoms with E-state index in [2.05, 4.69) is 18.7 Å². The summed E-state index contributed by atoms with van der Waals surface area (Å²) in [5, 5.41) is 0.583. The fraction of sp³-hybridized carbons (Fsp3) is 0.429. The van der Waals surface area contributed by atoms with Crippen LogP contribution in [0.1, 0.15) is 40.3 Å². The molecule has 0 aliphatic carbocycles. The number of amides is 2. The summed E-state index contributed by atoms with van der Waals surface area (Å²) in [5.41, 5.74) is 0.725. The molecule has 2 aromatic carbocycles. The largest absolute Gasteiger partial charge is 0.416 e. The number of aromatic nitrogens is 1. The van der Waals surface area contributed by atoms with E-state index in [0.717, 1.165) is 25.2 Å². The Morgan fingerprint density at radius 1 is 0.800 bits per heavy atom. The molecule has 3 aromatic rings. The van der Waals surface area contributed by atoms with Gasteiger partial charge >= 0.3 is 6.18 Å². The van der Waals surface area contributed by atoms with Crippen molar-refractivity contribution < 1.29 is 31.2 Å². The number of piperazine rings is 1. The van der Waals surface area contributed by atoms with Gasteiger partial charge in [0.05, 0.1) is 22.6 Å². The van der Waals surface area contributed by atoms with E-state index in [9.17, 15) is 31.2 Å². The number of carbonyl (C=O) groups is 2. The molecule has 2 aliphatic heterocycles. The van der Waals surface area contributed by atoms with Crippen molar-refractivity contribution in [3.8, 4) is 5.69 Å². The molecule has 2 fully saturated rings. The lowest BCUT2D eigenvalue weighted by Crippen LogP contribution is -2.50. The van der Waals surface area contributed by atoms with Crippen LogP contribution in [0.4, 0.5) is 13.2 Å². The van der Waals surface area contributed by atoms with Crippen LogP contribution in [0.15, 0.2) is 48.5 Å². The Bertz CT molecular complexity index is 1530. The predicted molar refractivity (Wildman–Crippen MR) is 145 cm³/mol. The first-order chi connectivity index (χ1) is 18.8. The van der Waals surface area contributed by atoms with Crippen LogP contribution >= 0.6 is 0 Å². The molecule has 0 spiro atoms. The van der Waals surface area contributed by atoms with Gasteiger partial charge in [-0.15, -0.1) is 0 Å². The summed E-state index contributed by atoms with van der Waals surface area (Å²) in [7, 11) is -3.22. The lowest BCUT2D eigenvalue weighted by Gasteiger charge is -2.37. The van der Waals surface area contributed by atoms with E-state index >= 15 is 0 Å². The molecule has 0 radical (unpaired) electrons. The average molecular weight is 577 g/mol. The third-order valence-electron chi connectivity index (χ3n) is 7.68. The SMILES string of the molecule is CC(C)N1CCN(C(=O)c2ccc3c(c2)cc(C(=O)N2CCS(=O)(=O)CC2)n3-c2ccc(C(F)(F)F)cc2)CC1. The number of fused-ring (bicyclic) bond motifs is 1. The van der Waals surface area contributed by atoms with E-state index in [1.807, 2.05) is 0 Å². The standard InChI is InChI=1S/C28H31F3N4O4S/c1-19(2)32-9-11-33(12-10-32)26(36)20-3-8-24-21(17-20)18-25(27(37)34-13-15-40(38,39)16-14-34)35(24)23-6-4-22(5-7-23)28(29,30)31/h3-8,17-19H,9-16H2,1-2H3. The molecule has 0 atom stereocenters. The maximum atomic E-state index is 13.6. The number of rotatable bonds is 4. The van der Waals surface area contributed by atoms with Crippen molar-refractivity contribution in [3.63, 3.8) is 0 Å². The second-order valence-corrected chi connectivity index (χ2v) is 12.9. The van der Waals surface area contributed by atoms with Gasteiger partial charge in [-0.25, -0.2) is 8.42 Å². The van der Waals surface area contributed by atoms with Crippen LogP contribution in [0.5, 0.6) is 0 Å². The van der Waals surface area contributed by atoms with Gasteiger partial charge in [0, 0.05) is 61.9 Å². The van der Waals surface area contributed by atoms with E-state index in [1.165, 1.54) is 17.0 Å². The normalized spacial score (nSPS) is 18.4. The highest BCUT2D eigenvalue weighted by Gasteiger charge is 2.32. The van der Waals surface area contributed by atoms with Crippen LogP contribution in [0, 0.1) is 0 Å². The topological polar surface area (TPSA) is 82.9 Å². The fourth-order valence-electron chi connectivity index (χ4n) is 5.28. The van der Waals surface area contributed by atoms with Crippen molar-refractivity contribution in [1.82, 2.24) is 19.3 Å². The zero-order chi connectivity index (χ0) is 28.8. The highest BCUT2D eigenvalue weighted by atomic mass is 32.2. The van der Waals surface area contributed by atoms with Crippen molar-refractivity contribution in [2.24, 2.45) is 0 Å². The molecule has 0 bridgehead atoms. The smallest absolute Gasteiger partial charge is 0.336 e. The molecular weight excluding hydrogens is 545 g/mol. The van der Waals surface area contributed by atoms with Gasteiger partial charge in [-0.1, -0.05) is 0 Å². The lowest BCUT2D eigenvalue weighted by atomic mass is 10.1. The van der Waals surface area contributed by atoms with Crippen LogP contribution < -0.4 is 0 Å². The minimum absolute atomic E-state index is 0.0296. The second kappa shape index (κ2) is 10.5. The van der Waals surface area contributed by atoms with Crippen LogP contribution in [0.3, 0.4) is 0 Å². The number of nitrogens with zero attached hydrogens (tertiary/aromatic N) is 4. The van der Waals surface area contributed by atoms with E-state index in [0.29, 0.717) is 41.3 Å². The van der Waals surface area contributed by atoms with Crippen LogP contribution in [0.25, 0.3) is 16.6 Å². The first-order valence-electron chi connectivity index (χ1n) is 13.2. The van der Waals surface area contributed by atoms with E-state index in [1.54, 1.807) is 33.7 Å². The van der Waals surface area contributed by atoms with Crippen molar-refractivity contribution in [1.29, 1.82) is 0 Å². The minimum Gasteiger partial charge on any atom is -0.336 e. The molecular formula is C28H31F3N4O4S. The number of sulfone groups is 1. The summed E-state index contributed by atoms with van der Waals surface area (Å²) in [5.74, 6) is -0.852. The molecule has 2 saturated heterocycles. The lowest BCUT2D eigenvalue weighted by molar-refractivity contribution is -0.137. The van der Waals surface area contributed by atoms with E-state index in [-0.39, 0.29) is 36.2 Å². The van der Waals surface area contributed by atoms with Gasteiger partial charge in [0.25, 0.3) is 11.8 Å². The molecule has 0 saturated carbocycles. The molecule has 5 rings (SSSR count). The maximum absolute atomic E-state index is 13.6. The molecule has 8 nitrogen and oxygen atoms in total. The summed E-state index contributed by atoms with van der Waals surface area (Å²) >= 11 is 0. The van der Waals surface area contributed by atoms with Gasteiger partial charge in [-0.05, 0) is 62.4 Å². The molecule has 2 aliphatic rings. The number of halogens is 3. The van der Waals surface area contributed by atoms with E-state index < -0.39 is 27.5 Å². The highest BCUT2D eigenvalue weighted by Crippen LogP contribution is 2.32. The van der Waals surface area contributed by atoms with Crippen molar-refractivity contribution in [2.75, 3.05) is 50.8 Å². The molecule has 214 valence electrons. The van der Waals surface area contributed by atoms with Gasteiger partial charge in [0.2, 0.25) is 0 Å². The summed E-state index contributed by atoms with van der Waals surface area (Å²) in [6.45, 7) is 7.05. The van der Waals surface area contributed by atoms with Crippen molar-refractivity contribution >= 4 is 32.6 Å². The molecule has 0 N–H and O–H groups in total. The van der Waals surface area contributed by atoms with Gasteiger partial charge < -0.3 is 14.4 Å². The van der Waals surface area contributed by atoms with Gasteiger partial charge in [0.1, 0.15) is 5.69 Å². The molecule has 40 heavy (non-hydrogen) atoms. The highest BCUT2D eigenvalue weighted by molar-refractivity contribution is 7.91. The zero-order valence-electron chi connectivity index (χ0n) is 22.3. The molecule has 1 aromatic heterocycles. The zero-order valence-corrected chi connectivity index (χ0v) is 23.1. The van der Waals surface area contributed by atoms with Gasteiger partial charge in [0.15, 0.2) is 9.84 Å². The Morgan fingerprint density at radius 3 is 1.98 bits per heavy atom. The molecule has 12 heteroatoms.